The third kappa shape index (κ3) is 3.90. The molecule has 0 saturated carbocycles. The van der Waals surface area contributed by atoms with Crippen LogP contribution in [0.1, 0.15) is 20.7 Å². The van der Waals surface area contributed by atoms with Gasteiger partial charge in [0.05, 0.1) is 33.9 Å². The molecule has 0 fully saturated rings. The number of hydrogen-bond donors (Lipinski definition) is 2. The molecule has 0 spiro atoms. The molecule has 4 aromatic rings. The van der Waals surface area contributed by atoms with Gasteiger partial charge < -0.3 is 10.2 Å². The van der Waals surface area contributed by atoms with Gasteiger partial charge in [-0.05, 0) is 59.7 Å². The first kappa shape index (κ1) is 18.9. The molecule has 0 amide bonds. The quantitative estimate of drug-likeness (QED) is 0.517. The first-order valence-corrected chi connectivity index (χ1v) is 8.98. The molecule has 4 rings (SSSR count). The highest BCUT2D eigenvalue weighted by Gasteiger charge is 2.13. The molecular formula is C23H15N3O4. The smallest absolute Gasteiger partial charge is 0.335 e. The zero-order valence-corrected chi connectivity index (χ0v) is 15.6. The highest BCUT2D eigenvalue weighted by Crippen LogP contribution is 2.29. The molecule has 3 aromatic heterocycles. The molecule has 1 aromatic carbocycles. The highest BCUT2D eigenvalue weighted by atomic mass is 16.4. The van der Waals surface area contributed by atoms with Crippen molar-refractivity contribution < 1.29 is 19.8 Å². The van der Waals surface area contributed by atoms with Gasteiger partial charge in [-0.2, -0.15) is 0 Å². The summed E-state index contributed by atoms with van der Waals surface area (Å²) in [5.74, 6) is -2.08. The van der Waals surface area contributed by atoms with E-state index in [9.17, 15) is 19.8 Å². The van der Waals surface area contributed by atoms with Gasteiger partial charge in [-0.1, -0.05) is 18.2 Å². The Kier molecular flexibility index (Phi) is 5.00. The second kappa shape index (κ2) is 7.92. The predicted molar refractivity (Wildman–Crippen MR) is 110 cm³/mol. The second-order valence-corrected chi connectivity index (χ2v) is 6.46. The first-order valence-electron chi connectivity index (χ1n) is 8.98. The van der Waals surface area contributed by atoms with Crippen LogP contribution in [0.4, 0.5) is 0 Å². The molecule has 7 nitrogen and oxygen atoms in total. The molecule has 2 N–H and O–H groups in total. The summed E-state index contributed by atoms with van der Waals surface area (Å²) in [4.78, 5) is 36.0. The van der Waals surface area contributed by atoms with E-state index in [1.54, 1.807) is 36.5 Å². The third-order valence-corrected chi connectivity index (χ3v) is 4.46. The van der Waals surface area contributed by atoms with E-state index in [1.165, 1.54) is 24.4 Å². The van der Waals surface area contributed by atoms with Crippen molar-refractivity contribution in [2.75, 3.05) is 0 Å². The van der Waals surface area contributed by atoms with Gasteiger partial charge in [-0.15, -0.1) is 0 Å². The summed E-state index contributed by atoms with van der Waals surface area (Å²) in [6.07, 6.45) is 3.07. The lowest BCUT2D eigenvalue weighted by atomic mass is 10.0. The summed E-state index contributed by atoms with van der Waals surface area (Å²) in [7, 11) is 0. The standard InChI is InChI=1S/C23H15N3O4/c27-22(28)15-5-3-4-14(10-15)17-12-20(18-6-1-2-8-24-18)26-21(13-17)19-11-16(23(29)30)7-9-25-19/h1-13H,(H,27,28)(H,29,30). The Hall–Kier alpha value is -4.39. The molecule has 7 heteroatoms. The van der Waals surface area contributed by atoms with Crippen LogP contribution < -0.4 is 0 Å². The van der Waals surface area contributed by atoms with Crippen LogP contribution in [0, 0.1) is 0 Å². The molecule has 0 aliphatic heterocycles. The summed E-state index contributed by atoms with van der Waals surface area (Å²) in [6, 6.07) is 18.4. The molecule has 0 atom stereocenters. The average molecular weight is 397 g/mol. The van der Waals surface area contributed by atoms with Crippen LogP contribution in [0.5, 0.6) is 0 Å². The Labute approximate surface area is 171 Å². The second-order valence-electron chi connectivity index (χ2n) is 6.46. The van der Waals surface area contributed by atoms with Crippen LogP contribution in [0.15, 0.2) is 79.1 Å². The minimum absolute atomic E-state index is 0.0967. The number of nitrogens with zero attached hydrogens (tertiary/aromatic N) is 3. The SMILES string of the molecule is O=C(O)c1cccc(-c2cc(-c3ccccn3)nc(-c3cc(C(=O)O)ccn3)c2)c1. The van der Waals surface area contributed by atoms with Gasteiger partial charge in [0, 0.05) is 12.4 Å². The molecule has 30 heavy (non-hydrogen) atoms. The van der Waals surface area contributed by atoms with E-state index in [0.29, 0.717) is 33.9 Å². The lowest BCUT2D eigenvalue weighted by Gasteiger charge is -2.10. The van der Waals surface area contributed by atoms with Crippen LogP contribution in [0.2, 0.25) is 0 Å². The number of carbonyl (C=O) groups is 2. The summed E-state index contributed by atoms with van der Waals surface area (Å²) in [5.41, 5.74) is 3.70. The summed E-state index contributed by atoms with van der Waals surface area (Å²) in [6.45, 7) is 0. The monoisotopic (exact) mass is 397 g/mol. The van der Waals surface area contributed by atoms with E-state index < -0.39 is 11.9 Å². The van der Waals surface area contributed by atoms with Gasteiger partial charge in [0.15, 0.2) is 0 Å². The molecule has 0 bridgehead atoms. The molecule has 0 radical (unpaired) electrons. The van der Waals surface area contributed by atoms with E-state index in [1.807, 2.05) is 18.2 Å². The maximum atomic E-state index is 11.4. The number of aromatic carboxylic acids is 2. The first-order chi connectivity index (χ1) is 14.5. The molecular weight excluding hydrogens is 382 g/mol. The Bertz CT molecular complexity index is 1180. The van der Waals surface area contributed by atoms with Gasteiger partial charge >= 0.3 is 11.9 Å². The van der Waals surface area contributed by atoms with Gasteiger partial charge in [0.2, 0.25) is 0 Å². The lowest BCUT2D eigenvalue weighted by molar-refractivity contribution is 0.0686. The molecule has 0 saturated heterocycles. The van der Waals surface area contributed by atoms with Gasteiger partial charge in [-0.3, -0.25) is 9.97 Å². The van der Waals surface area contributed by atoms with Crippen LogP contribution >= 0.6 is 0 Å². The fourth-order valence-corrected chi connectivity index (χ4v) is 3.01. The number of benzene rings is 1. The van der Waals surface area contributed by atoms with E-state index in [2.05, 4.69) is 15.0 Å². The van der Waals surface area contributed by atoms with E-state index in [0.717, 1.165) is 0 Å². The number of hydrogen-bond acceptors (Lipinski definition) is 5. The molecule has 0 aliphatic carbocycles. The van der Waals surface area contributed by atoms with Crippen molar-refractivity contribution in [3.8, 4) is 33.9 Å². The normalized spacial score (nSPS) is 10.5. The van der Waals surface area contributed by atoms with Crippen LogP contribution in [-0.2, 0) is 0 Å². The summed E-state index contributed by atoms with van der Waals surface area (Å²) in [5, 5.41) is 18.6. The minimum Gasteiger partial charge on any atom is -0.478 e. The van der Waals surface area contributed by atoms with Gasteiger partial charge in [0.1, 0.15) is 0 Å². The molecule has 3 heterocycles. The van der Waals surface area contributed by atoms with Crippen LogP contribution in [0.25, 0.3) is 33.9 Å². The Morgan fingerprint density at radius 1 is 0.600 bits per heavy atom. The number of rotatable bonds is 5. The third-order valence-electron chi connectivity index (χ3n) is 4.46. The zero-order valence-electron chi connectivity index (χ0n) is 15.6. The van der Waals surface area contributed by atoms with Crippen molar-refractivity contribution in [1.29, 1.82) is 0 Å². The van der Waals surface area contributed by atoms with Crippen molar-refractivity contribution in [2.24, 2.45) is 0 Å². The Balaban J connectivity index is 1.92. The molecule has 146 valence electrons. The predicted octanol–water partition coefficient (Wildman–Crippen LogP) is 4.27. The maximum absolute atomic E-state index is 11.4. The Morgan fingerprint density at radius 2 is 1.30 bits per heavy atom. The van der Waals surface area contributed by atoms with Crippen LogP contribution in [0.3, 0.4) is 0 Å². The van der Waals surface area contributed by atoms with Crippen molar-refractivity contribution in [3.63, 3.8) is 0 Å². The lowest BCUT2D eigenvalue weighted by Crippen LogP contribution is -1.99. The zero-order chi connectivity index (χ0) is 21.1. The highest BCUT2D eigenvalue weighted by molar-refractivity contribution is 5.90. The van der Waals surface area contributed by atoms with Crippen molar-refractivity contribution in [2.45, 2.75) is 0 Å². The largest absolute Gasteiger partial charge is 0.478 e. The molecule has 0 aliphatic rings. The summed E-state index contributed by atoms with van der Waals surface area (Å²) < 4.78 is 0. The van der Waals surface area contributed by atoms with Crippen molar-refractivity contribution >= 4 is 11.9 Å². The minimum atomic E-state index is -1.06. The maximum Gasteiger partial charge on any atom is 0.335 e. The van der Waals surface area contributed by atoms with E-state index in [4.69, 9.17) is 0 Å². The van der Waals surface area contributed by atoms with E-state index in [-0.39, 0.29) is 11.1 Å². The van der Waals surface area contributed by atoms with Crippen LogP contribution in [-0.4, -0.2) is 37.1 Å². The summed E-state index contributed by atoms with van der Waals surface area (Å²) >= 11 is 0. The Morgan fingerprint density at radius 3 is 2.00 bits per heavy atom. The van der Waals surface area contributed by atoms with Crippen molar-refractivity contribution in [3.05, 3.63) is 90.3 Å². The van der Waals surface area contributed by atoms with E-state index >= 15 is 0 Å². The fourth-order valence-electron chi connectivity index (χ4n) is 3.01. The number of pyridine rings is 3. The van der Waals surface area contributed by atoms with Gasteiger partial charge in [-0.25, -0.2) is 14.6 Å². The average Bonchev–Trinajstić information content (AvgIpc) is 2.79. The topological polar surface area (TPSA) is 113 Å². The van der Waals surface area contributed by atoms with Crippen molar-refractivity contribution in [1.82, 2.24) is 15.0 Å². The number of carboxylic acids is 2. The van der Waals surface area contributed by atoms with Gasteiger partial charge in [0.25, 0.3) is 0 Å². The number of aromatic nitrogens is 3. The number of carboxylic acid groups (broad SMARTS) is 2. The molecule has 0 unspecified atom stereocenters. The fraction of sp³-hybridized carbons (Fsp3) is 0.